The highest BCUT2D eigenvalue weighted by molar-refractivity contribution is 7.98. The second-order valence-corrected chi connectivity index (χ2v) is 8.17. The number of halogens is 2. The van der Waals surface area contributed by atoms with Gasteiger partial charge in [0.05, 0.1) is 22.7 Å². The first-order valence-electron chi connectivity index (χ1n) is 8.54. The minimum Gasteiger partial charge on any atom is -0.493 e. The van der Waals surface area contributed by atoms with Crippen LogP contribution >= 0.6 is 35.0 Å². The van der Waals surface area contributed by atoms with Crippen LogP contribution in [-0.4, -0.2) is 23.3 Å². The Kier molecular flexibility index (Phi) is 5.01. The van der Waals surface area contributed by atoms with Gasteiger partial charge in [-0.05, 0) is 36.6 Å². The molecule has 0 fully saturated rings. The molecule has 1 aliphatic rings. The van der Waals surface area contributed by atoms with Gasteiger partial charge in [0.2, 0.25) is 0 Å². The van der Waals surface area contributed by atoms with Crippen molar-refractivity contribution in [1.82, 2.24) is 9.88 Å². The van der Waals surface area contributed by atoms with Gasteiger partial charge in [-0.15, -0.1) is 11.8 Å². The summed E-state index contributed by atoms with van der Waals surface area (Å²) >= 11 is 13.9. The molecule has 3 aromatic rings. The fourth-order valence-electron chi connectivity index (χ4n) is 3.43. The number of hydrogen-bond donors (Lipinski definition) is 1. The van der Waals surface area contributed by atoms with Crippen molar-refractivity contribution in [2.45, 2.75) is 17.4 Å². The predicted octanol–water partition coefficient (Wildman–Crippen LogP) is 5.46. The van der Waals surface area contributed by atoms with Crippen molar-refractivity contribution < 1.29 is 9.53 Å². The Balaban J connectivity index is 1.64. The largest absolute Gasteiger partial charge is 0.493 e. The monoisotopic (exact) mass is 420 g/mol. The molecule has 1 aromatic heterocycles. The minimum absolute atomic E-state index is 0.0812. The van der Waals surface area contributed by atoms with Crippen molar-refractivity contribution in [1.29, 1.82) is 0 Å². The Morgan fingerprint density at radius 2 is 2.00 bits per heavy atom. The summed E-state index contributed by atoms with van der Waals surface area (Å²) in [4.78, 5) is 14.1. The van der Waals surface area contributed by atoms with Gasteiger partial charge < -0.3 is 14.6 Å². The lowest BCUT2D eigenvalue weighted by molar-refractivity contribution is 0.0917. The van der Waals surface area contributed by atoms with Crippen molar-refractivity contribution in [3.8, 4) is 5.75 Å². The van der Waals surface area contributed by atoms with Crippen molar-refractivity contribution in [2.24, 2.45) is 7.05 Å². The first kappa shape index (κ1) is 18.5. The Morgan fingerprint density at radius 3 is 2.78 bits per heavy atom. The van der Waals surface area contributed by atoms with Crippen molar-refractivity contribution in [3.05, 3.63) is 57.7 Å². The van der Waals surface area contributed by atoms with Gasteiger partial charge >= 0.3 is 0 Å². The van der Waals surface area contributed by atoms with Gasteiger partial charge in [-0.3, -0.25) is 4.79 Å². The van der Waals surface area contributed by atoms with Crippen LogP contribution in [0.1, 0.15) is 28.5 Å². The average Bonchev–Trinajstić information content (AvgIpc) is 2.98. The molecule has 0 saturated heterocycles. The van der Waals surface area contributed by atoms with Crippen LogP contribution in [0.5, 0.6) is 5.75 Å². The maximum Gasteiger partial charge on any atom is 0.268 e. The van der Waals surface area contributed by atoms with E-state index in [1.165, 1.54) is 0 Å². The summed E-state index contributed by atoms with van der Waals surface area (Å²) in [5, 5.41) is 4.98. The van der Waals surface area contributed by atoms with Crippen LogP contribution in [0.2, 0.25) is 10.0 Å². The van der Waals surface area contributed by atoms with Gasteiger partial charge in [0.1, 0.15) is 11.4 Å². The number of ether oxygens (including phenoxy) is 1. The van der Waals surface area contributed by atoms with Gasteiger partial charge in [-0.25, -0.2) is 0 Å². The summed E-state index contributed by atoms with van der Waals surface area (Å²) < 4.78 is 7.62. The number of aryl methyl sites for hydroxylation is 1. The maximum absolute atomic E-state index is 13.0. The molecule has 2 heterocycles. The molecular weight excluding hydrogens is 403 g/mol. The van der Waals surface area contributed by atoms with Crippen LogP contribution < -0.4 is 10.1 Å². The molecule has 7 heteroatoms. The number of carbonyl (C=O) groups excluding carboxylic acids is 1. The number of rotatable bonds is 3. The highest BCUT2D eigenvalue weighted by atomic mass is 35.5. The zero-order valence-electron chi connectivity index (χ0n) is 14.9. The Bertz CT molecular complexity index is 1050. The van der Waals surface area contributed by atoms with Crippen LogP contribution in [-0.2, 0) is 7.05 Å². The SMILES string of the molecule is CSc1ccc2c(c1)OCCC2NC(=O)c1cc2cc(Cl)c(Cl)cc2n1C. The van der Waals surface area contributed by atoms with E-state index in [1.54, 1.807) is 23.9 Å². The normalized spacial score (nSPS) is 16.1. The molecule has 0 bridgehead atoms. The number of nitrogens with zero attached hydrogens (tertiary/aromatic N) is 1. The number of thioether (sulfide) groups is 1. The zero-order valence-corrected chi connectivity index (χ0v) is 17.2. The molecule has 1 amide bonds. The second kappa shape index (κ2) is 7.30. The highest BCUT2D eigenvalue weighted by Gasteiger charge is 2.25. The summed E-state index contributed by atoms with van der Waals surface area (Å²) in [5.41, 5.74) is 2.45. The lowest BCUT2D eigenvalue weighted by atomic mass is 10.0. The molecule has 27 heavy (non-hydrogen) atoms. The lowest BCUT2D eigenvalue weighted by Crippen LogP contribution is -2.33. The maximum atomic E-state index is 13.0. The van der Waals surface area contributed by atoms with Crippen molar-refractivity contribution >= 4 is 51.8 Å². The third-order valence-electron chi connectivity index (χ3n) is 4.88. The van der Waals surface area contributed by atoms with E-state index in [1.807, 2.05) is 36.1 Å². The summed E-state index contributed by atoms with van der Waals surface area (Å²) in [7, 11) is 1.85. The molecule has 2 aromatic carbocycles. The molecule has 0 saturated carbocycles. The third-order valence-corrected chi connectivity index (χ3v) is 6.33. The van der Waals surface area contributed by atoms with Gasteiger partial charge in [0.15, 0.2) is 0 Å². The lowest BCUT2D eigenvalue weighted by Gasteiger charge is -2.27. The Labute approximate surface area is 171 Å². The molecule has 4 rings (SSSR count). The predicted molar refractivity (Wildman–Crippen MR) is 111 cm³/mol. The number of aromatic nitrogens is 1. The molecule has 1 aliphatic heterocycles. The van der Waals surface area contributed by atoms with E-state index >= 15 is 0 Å². The number of fused-ring (bicyclic) bond motifs is 2. The molecule has 1 atom stereocenters. The molecule has 0 radical (unpaired) electrons. The molecular formula is C20H18Cl2N2O2S. The minimum atomic E-state index is -0.132. The number of hydrogen-bond acceptors (Lipinski definition) is 3. The van der Waals surface area contributed by atoms with Gasteiger partial charge in [-0.2, -0.15) is 0 Å². The van der Waals surface area contributed by atoms with Crippen LogP contribution in [0.15, 0.2) is 41.3 Å². The Hall–Kier alpha value is -1.82. The van der Waals surface area contributed by atoms with Crippen LogP contribution in [0.25, 0.3) is 10.9 Å². The smallest absolute Gasteiger partial charge is 0.268 e. The average molecular weight is 421 g/mol. The summed E-state index contributed by atoms with van der Waals surface area (Å²) in [6, 6.07) is 11.4. The first-order chi connectivity index (χ1) is 13.0. The topological polar surface area (TPSA) is 43.3 Å². The summed E-state index contributed by atoms with van der Waals surface area (Å²) in [5.74, 6) is 0.710. The van der Waals surface area contributed by atoms with E-state index in [9.17, 15) is 4.79 Å². The fourth-order valence-corrected chi connectivity index (χ4v) is 4.19. The molecule has 4 nitrogen and oxygen atoms in total. The van der Waals surface area contributed by atoms with Crippen LogP contribution in [0, 0.1) is 0 Å². The molecule has 1 unspecified atom stereocenters. The van der Waals surface area contributed by atoms with E-state index in [0.717, 1.165) is 33.5 Å². The Morgan fingerprint density at radius 1 is 1.22 bits per heavy atom. The highest BCUT2D eigenvalue weighted by Crippen LogP contribution is 2.35. The number of amides is 1. The number of carbonyl (C=O) groups is 1. The quantitative estimate of drug-likeness (QED) is 0.571. The van der Waals surface area contributed by atoms with Crippen LogP contribution in [0.4, 0.5) is 0 Å². The zero-order chi connectivity index (χ0) is 19.1. The summed E-state index contributed by atoms with van der Waals surface area (Å²) in [6.07, 6.45) is 2.77. The molecule has 1 N–H and O–H groups in total. The van der Waals surface area contributed by atoms with E-state index in [-0.39, 0.29) is 11.9 Å². The summed E-state index contributed by atoms with van der Waals surface area (Å²) in [6.45, 7) is 0.579. The molecule has 140 valence electrons. The van der Waals surface area contributed by atoms with E-state index in [2.05, 4.69) is 11.4 Å². The van der Waals surface area contributed by atoms with Crippen molar-refractivity contribution in [3.63, 3.8) is 0 Å². The first-order valence-corrected chi connectivity index (χ1v) is 10.5. The van der Waals surface area contributed by atoms with E-state index in [0.29, 0.717) is 22.3 Å². The standard InChI is InChI=1S/C20H18Cl2N2O2S/c1-24-17-10-15(22)14(21)7-11(17)8-18(24)20(25)23-16-5-6-26-19-9-12(27-2)3-4-13(16)19/h3-4,7-10,16H,5-6H2,1-2H3,(H,23,25). The number of benzene rings is 2. The third kappa shape index (κ3) is 3.40. The number of nitrogens with one attached hydrogen (secondary N) is 1. The second-order valence-electron chi connectivity index (χ2n) is 6.48. The molecule has 0 spiro atoms. The van der Waals surface area contributed by atoms with Gasteiger partial charge in [-0.1, -0.05) is 29.3 Å². The van der Waals surface area contributed by atoms with Gasteiger partial charge in [0.25, 0.3) is 5.91 Å². The van der Waals surface area contributed by atoms with Crippen molar-refractivity contribution in [2.75, 3.05) is 12.9 Å². The van der Waals surface area contributed by atoms with E-state index in [4.69, 9.17) is 27.9 Å². The van der Waals surface area contributed by atoms with Crippen LogP contribution in [0.3, 0.4) is 0 Å². The molecule has 0 aliphatic carbocycles. The van der Waals surface area contributed by atoms with E-state index < -0.39 is 0 Å². The fraction of sp³-hybridized carbons (Fsp3) is 0.250. The van der Waals surface area contributed by atoms with Gasteiger partial charge in [0, 0.05) is 34.8 Å².